The number of hydrogen-bond donors (Lipinski definition) is 2. The first-order chi connectivity index (χ1) is 11.7. The summed E-state index contributed by atoms with van der Waals surface area (Å²) in [4.78, 5) is 15.9. The van der Waals surface area contributed by atoms with E-state index >= 15 is 0 Å². The molecule has 1 amide bonds. The molecule has 0 radical (unpaired) electrons. The fraction of sp³-hybridized carbons (Fsp3) is 0.100. The molecule has 1 heterocycles. The Balaban J connectivity index is 1.55. The monoisotopic (exact) mass is 318 g/mol. The third-order valence-electron chi connectivity index (χ3n) is 3.78. The van der Waals surface area contributed by atoms with Crippen molar-refractivity contribution < 1.29 is 9.90 Å². The van der Waals surface area contributed by atoms with E-state index in [2.05, 4.69) is 22.4 Å². The molecular formula is C20H18N2O2. The van der Waals surface area contributed by atoms with Crippen LogP contribution in [0.2, 0.25) is 0 Å². The Morgan fingerprint density at radius 1 is 0.958 bits per heavy atom. The van der Waals surface area contributed by atoms with Gasteiger partial charge in [0.2, 0.25) is 0 Å². The standard InChI is InChI=1S/C20H18N2O2/c23-19-9-7-17(8-10-19)16-5-3-15(4-6-16)11-13-22-20(24)18-2-1-12-21-14-18/h1-10,12,14,23H,11,13H2,(H,22,24). The van der Waals surface area contributed by atoms with Crippen LogP contribution in [0.3, 0.4) is 0 Å². The number of aromatic hydroxyl groups is 1. The van der Waals surface area contributed by atoms with E-state index in [1.807, 2.05) is 24.3 Å². The van der Waals surface area contributed by atoms with E-state index in [0.29, 0.717) is 12.1 Å². The number of phenols is 1. The molecule has 1 aromatic heterocycles. The van der Waals surface area contributed by atoms with Crippen LogP contribution >= 0.6 is 0 Å². The number of aromatic nitrogens is 1. The van der Waals surface area contributed by atoms with Crippen LogP contribution in [0, 0.1) is 0 Å². The molecule has 0 atom stereocenters. The van der Waals surface area contributed by atoms with Gasteiger partial charge in [0.25, 0.3) is 5.91 Å². The van der Waals surface area contributed by atoms with E-state index in [4.69, 9.17) is 0 Å². The summed E-state index contributed by atoms with van der Waals surface area (Å²) in [6, 6.07) is 18.8. The Labute approximate surface area is 140 Å². The average Bonchev–Trinajstić information content (AvgIpc) is 2.64. The normalized spacial score (nSPS) is 10.3. The second-order valence-corrected chi connectivity index (χ2v) is 5.49. The average molecular weight is 318 g/mol. The molecule has 0 aliphatic heterocycles. The van der Waals surface area contributed by atoms with Gasteiger partial charge in [0.05, 0.1) is 5.56 Å². The second kappa shape index (κ2) is 7.42. The minimum Gasteiger partial charge on any atom is -0.508 e. The van der Waals surface area contributed by atoms with E-state index in [1.165, 1.54) is 0 Å². The fourth-order valence-electron chi connectivity index (χ4n) is 2.44. The molecule has 0 aliphatic carbocycles. The van der Waals surface area contributed by atoms with Crippen molar-refractivity contribution in [2.24, 2.45) is 0 Å². The lowest BCUT2D eigenvalue weighted by Gasteiger charge is -2.07. The maximum atomic E-state index is 11.9. The molecule has 0 spiro atoms. The number of phenolic OH excluding ortho intramolecular Hbond substituents is 1. The molecular weight excluding hydrogens is 300 g/mol. The number of hydrogen-bond acceptors (Lipinski definition) is 3. The van der Waals surface area contributed by atoms with Gasteiger partial charge in [-0.15, -0.1) is 0 Å². The molecule has 0 aliphatic rings. The molecule has 2 aromatic carbocycles. The van der Waals surface area contributed by atoms with Crippen molar-refractivity contribution in [2.75, 3.05) is 6.54 Å². The highest BCUT2D eigenvalue weighted by molar-refractivity contribution is 5.93. The SMILES string of the molecule is O=C(NCCc1ccc(-c2ccc(O)cc2)cc1)c1cccnc1. The predicted molar refractivity (Wildman–Crippen MR) is 93.8 cm³/mol. The maximum absolute atomic E-state index is 11.9. The summed E-state index contributed by atoms with van der Waals surface area (Å²) < 4.78 is 0. The Kier molecular flexibility index (Phi) is 4.87. The minimum absolute atomic E-state index is 0.108. The minimum atomic E-state index is -0.108. The van der Waals surface area contributed by atoms with Crippen molar-refractivity contribution in [1.82, 2.24) is 10.3 Å². The van der Waals surface area contributed by atoms with Gasteiger partial charge >= 0.3 is 0 Å². The van der Waals surface area contributed by atoms with Crippen LogP contribution in [0.4, 0.5) is 0 Å². The van der Waals surface area contributed by atoms with Crippen molar-refractivity contribution in [1.29, 1.82) is 0 Å². The summed E-state index contributed by atoms with van der Waals surface area (Å²) in [5.41, 5.74) is 3.88. The molecule has 24 heavy (non-hydrogen) atoms. The fourth-order valence-corrected chi connectivity index (χ4v) is 2.44. The van der Waals surface area contributed by atoms with Crippen molar-refractivity contribution in [3.63, 3.8) is 0 Å². The van der Waals surface area contributed by atoms with Crippen molar-refractivity contribution in [3.8, 4) is 16.9 Å². The summed E-state index contributed by atoms with van der Waals surface area (Å²) in [5.74, 6) is 0.156. The summed E-state index contributed by atoms with van der Waals surface area (Å²) in [6.45, 7) is 0.576. The number of rotatable bonds is 5. The first-order valence-electron chi connectivity index (χ1n) is 7.79. The highest BCUT2D eigenvalue weighted by Crippen LogP contribution is 2.22. The van der Waals surface area contributed by atoms with Gasteiger partial charge in [0.1, 0.15) is 5.75 Å². The van der Waals surface area contributed by atoms with Crippen LogP contribution in [0.1, 0.15) is 15.9 Å². The highest BCUT2D eigenvalue weighted by Gasteiger charge is 2.04. The number of nitrogens with zero attached hydrogens (tertiary/aromatic N) is 1. The Morgan fingerprint density at radius 2 is 1.62 bits per heavy atom. The van der Waals surface area contributed by atoms with Crippen LogP contribution in [-0.2, 0) is 6.42 Å². The van der Waals surface area contributed by atoms with E-state index in [0.717, 1.165) is 23.1 Å². The maximum Gasteiger partial charge on any atom is 0.252 e. The number of carbonyl (C=O) groups is 1. The lowest BCUT2D eigenvalue weighted by molar-refractivity contribution is 0.0954. The summed E-state index contributed by atoms with van der Waals surface area (Å²) >= 11 is 0. The molecule has 0 saturated carbocycles. The molecule has 120 valence electrons. The summed E-state index contributed by atoms with van der Waals surface area (Å²) in [6.07, 6.45) is 3.97. The Bertz CT molecular complexity index is 797. The van der Waals surface area contributed by atoms with E-state index in [9.17, 15) is 9.90 Å². The van der Waals surface area contributed by atoms with Crippen molar-refractivity contribution in [3.05, 3.63) is 84.2 Å². The first-order valence-corrected chi connectivity index (χ1v) is 7.79. The van der Waals surface area contributed by atoms with Gasteiger partial charge in [-0.1, -0.05) is 36.4 Å². The van der Waals surface area contributed by atoms with Gasteiger partial charge < -0.3 is 10.4 Å². The van der Waals surface area contributed by atoms with Crippen LogP contribution in [0.25, 0.3) is 11.1 Å². The second-order valence-electron chi connectivity index (χ2n) is 5.49. The van der Waals surface area contributed by atoms with E-state index < -0.39 is 0 Å². The first kappa shape index (κ1) is 15.7. The number of pyridine rings is 1. The summed E-state index contributed by atoms with van der Waals surface area (Å²) in [7, 11) is 0. The lowest BCUT2D eigenvalue weighted by atomic mass is 10.0. The van der Waals surface area contributed by atoms with Crippen LogP contribution in [0.15, 0.2) is 73.1 Å². The third-order valence-corrected chi connectivity index (χ3v) is 3.78. The number of nitrogens with one attached hydrogen (secondary N) is 1. The number of benzene rings is 2. The zero-order valence-electron chi connectivity index (χ0n) is 13.1. The predicted octanol–water partition coefficient (Wildman–Crippen LogP) is 3.43. The van der Waals surface area contributed by atoms with Gasteiger partial charge in [-0.05, 0) is 47.4 Å². The van der Waals surface area contributed by atoms with Crippen LogP contribution < -0.4 is 5.32 Å². The zero-order valence-corrected chi connectivity index (χ0v) is 13.1. The van der Waals surface area contributed by atoms with Gasteiger partial charge in [-0.25, -0.2) is 0 Å². The largest absolute Gasteiger partial charge is 0.508 e. The number of amides is 1. The topological polar surface area (TPSA) is 62.2 Å². The molecule has 2 N–H and O–H groups in total. The molecule has 0 saturated heterocycles. The Hall–Kier alpha value is -3.14. The quantitative estimate of drug-likeness (QED) is 0.757. The third kappa shape index (κ3) is 3.98. The molecule has 4 heteroatoms. The van der Waals surface area contributed by atoms with Gasteiger partial charge in [-0.3, -0.25) is 9.78 Å². The number of carbonyl (C=O) groups excluding carboxylic acids is 1. The van der Waals surface area contributed by atoms with Crippen molar-refractivity contribution >= 4 is 5.91 Å². The molecule has 3 rings (SSSR count). The molecule has 4 nitrogen and oxygen atoms in total. The molecule has 0 fully saturated rings. The summed E-state index contributed by atoms with van der Waals surface area (Å²) in [5, 5.41) is 12.2. The van der Waals surface area contributed by atoms with E-state index in [-0.39, 0.29) is 11.7 Å². The lowest BCUT2D eigenvalue weighted by Crippen LogP contribution is -2.25. The molecule has 3 aromatic rings. The van der Waals surface area contributed by atoms with Gasteiger partial charge in [0, 0.05) is 18.9 Å². The van der Waals surface area contributed by atoms with Crippen molar-refractivity contribution in [2.45, 2.75) is 6.42 Å². The zero-order chi connectivity index (χ0) is 16.8. The van der Waals surface area contributed by atoms with Crippen LogP contribution in [0.5, 0.6) is 5.75 Å². The molecule has 0 unspecified atom stereocenters. The van der Waals surface area contributed by atoms with Crippen LogP contribution in [-0.4, -0.2) is 22.5 Å². The van der Waals surface area contributed by atoms with Gasteiger partial charge in [0.15, 0.2) is 0 Å². The highest BCUT2D eigenvalue weighted by atomic mass is 16.3. The van der Waals surface area contributed by atoms with Gasteiger partial charge in [-0.2, -0.15) is 0 Å². The smallest absolute Gasteiger partial charge is 0.252 e. The van der Waals surface area contributed by atoms with E-state index in [1.54, 1.807) is 36.7 Å². The molecule has 0 bridgehead atoms. The Morgan fingerprint density at radius 3 is 2.25 bits per heavy atom.